The Labute approximate surface area is 186 Å². The number of amides is 1. The van der Waals surface area contributed by atoms with Crippen LogP contribution in [0.4, 0.5) is 0 Å². The molecular formula is C23H25ClN4OS. The van der Waals surface area contributed by atoms with Gasteiger partial charge in [-0.1, -0.05) is 60.5 Å². The second-order valence-electron chi connectivity index (χ2n) is 7.75. The van der Waals surface area contributed by atoms with E-state index in [1.807, 2.05) is 28.8 Å². The zero-order chi connectivity index (χ0) is 21.1. The fourth-order valence-electron chi connectivity index (χ4n) is 3.83. The van der Waals surface area contributed by atoms with Gasteiger partial charge in [0.05, 0.1) is 16.5 Å². The van der Waals surface area contributed by atoms with Gasteiger partial charge in [-0.3, -0.25) is 9.36 Å². The first kappa shape index (κ1) is 20.9. The van der Waals surface area contributed by atoms with Crippen molar-refractivity contribution < 1.29 is 4.79 Å². The van der Waals surface area contributed by atoms with Crippen LogP contribution in [-0.2, 0) is 4.79 Å². The number of carbonyl (C=O) groups is 1. The molecule has 1 aromatic heterocycles. The fraction of sp³-hybridized carbons (Fsp3) is 0.348. The minimum Gasteiger partial charge on any atom is -0.353 e. The summed E-state index contributed by atoms with van der Waals surface area (Å²) in [6.07, 6.45) is 4.54. The molecule has 1 aliphatic rings. The summed E-state index contributed by atoms with van der Waals surface area (Å²) in [5.74, 6) is 1.02. The Balaban J connectivity index is 1.67. The van der Waals surface area contributed by atoms with E-state index in [0.29, 0.717) is 27.8 Å². The van der Waals surface area contributed by atoms with E-state index in [0.717, 1.165) is 35.2 Å². The first-order valence-corrected chi connectivity index (χ1v) is 11.6. The van der Waals surface area contributed by atoms with Crippen LogP contribution in [0.2, 0.25) is 5.02 Å². The van der Waals surface area contributed by atoms with Crippen LogP contribution in [0.1, 0.15) is 36.8 Å². The van der Waals surface area contributed by atoms with E-state index in [1.54, 1.807) is 0 Å². The van der Waals surface area contributed by atoms with Crippen LogP contribution < -0.4 is 5.32 Å². The number of carbonyl (C=O) groups excluding carboxylic acids is 1. The van der Waals surface area contributed by atoms with Gasteiger partial charge in [0.1, 0.15) is 0 Å². The molecule has 4 rings (SSSR count). The molecule has 5 nitrogen and oxygen atoms in total. The van der Waals surface area contributed by atoms with E-state index in [2.05, 4.69) is 47.6 Å². The number of hydrogen-bond donors (Lipinski definition) is 1. The van der Waals surface area contributed by atoms with Crippen molar-refractivity contribution in [2.75, 3.05) is 5.75 Å². The number of thioether (sulfide) groups is 1. The van der Waals surface area contributed by atoms with Crippen molar-refractivity contribution in [2.24, 2.45) is 0 Å². The Hall–Kier alpha value is -2.31. The maximum absolute atomic E-state index is 12.5. The summed E-state index contributed by atoms with van der Waals surface area (Å²) in [6.45, 7) is 4.12. The highest BCUT2D eigenvalue weighted by Crippen LogP contribution is 2.33. The van der Waals surface area contributed by atoms with Crippen molar-refractivity contribution in [3.8, 4) is 17.1 Å². The number of nitrogens with one attached hydrogen (secondary N) is 1. The summed E-state index contributed by atoms with van der Waals surface area (Å²) in [4.78, 5) is 12.5. The SMILES string of the molecule is Cc1ccc(C)c(-n2c(SCC(=O)NC3CCCC3)nnc2-c2ccccc2Cl)c1. The molecule has 3 aromatic rings. The van der Waals surface area contributed by atoms with Gasteiger partial charge in [-0.15, -0.1) is 10.2 Å². The van der Waals surface area contributed by atoms with Gasteiger partial charge in [0.15, 0.2) is 11.0 Å². The zero-order valence-corrected chi connectivity index (χ0v) is 18.8. The van der Waals surface area contributed by atoms with Crippen molar-refractivity contribution in [2.45, 2.75) is 50.7 Å². The third-order valence-electron chi connectivity index (χ3n) is 5.41. The predicted octanol–water partition coefficient (Wildman–Crippen LogP) is 5.36. The Bertz CT molecular complexity index is 1060. The summed E-state index contributed by atoms with van der Waals surface area (Å²) in [6, 6.07) is 14.2. The first-order valence-electron chi connectivity index (χ1n) is 10.2. The maximum atomic E-state index is 12.5. The second kappa shape index (κ2) is 9.23. The smallest absolute Gasteiger partial charge is 0.230 e. The number of aryl methyl sites for hydroxylation is 2. The van der Waals surface area contributed by atoms with E-state index < -0.39 is 0 Å². The standard InChI is InChI=1S/C23H25ClN4OS/c1-15-11-12-16(2)20(13-15)28-22(18-9-5-6-10-19(18)24)26-27-23(28)30-14-21(29)25-17-7-3-4-8-17/h5-6,9-13,17H,3-4,7-8,14H2,1-2H3,(H,25,29). The van der Waals surface area contributed by atoms with Crippen molar-refractivity contribution >= 4 is 29.3 Å². The first-order chi connectivity index (χ1) is 14.5. The molecule has 1 fully saturated rings. The zero-order valence-electron chi connectivity index (χ0n) is 17.2. The number of rotatable bonds is 6. The lowest BCUT2D eigenvalue weighted by atomic mass is 10.1. The van der Waals surface area contributed by atoms with Gasteiger partial charge in [0.2, 0.25) is 5.91 Å². The summed E-state index contributed by atoms with van der Waals surface area (Å²) in [5, 5.41) is 13.3. The third-order valence-corrected chi connectivity index (χ3v) is 6.66. The Morgan fingerprint density at radius 3 is 2.70 bits per heavy atom. The number of halogens is 1. The molecule has 0 spiro atoms. The number of aromatic nitrogens is 3. The highest BCUT2D eigenvalue weighted by molar-refractivity contribution is 7.99. The normalized spacial score (nSPS) is 14.2. The minimum atomic E-state index is 0.0432. The molecule has 1 aliphatic carbocycles. The quantitative estimate of drug-likeness (QED) is 0.524. The number of hydrogen-bond acceptors (Lipinski definition) is 4. The molecule has 0 aliphatic heterocycles. The summed E-state index contributed by atoms with van der Waals surface area (Å²) in [5.41, 5.74) is 4.05. The lowest BCUT2D eigenvalue weighted by molar-refractivity contribution is -0.119. The van der Waals surface area contributed by atoms with Gasteiger partial charge in [0, 0.05) is 11.6 Å². The number of benzene rings is 2. The van der Waals surface area contributed by atoms with Crippen LogP contribution in [0.3, 0.4) is 0 Å². The fourth-order valence-corrected chi connectivity index (χ4v) is 4.80. The molecule has 1 amide bonds. The van der Waals surface area contributed by atoms with Gasteiger partial charge in [-0.05, 0) is 56.0 Å². The molecule has 0 unspecified atom stereocenters. The van der Waals surface area contributed by atoms with E-state index in [-0.39, 0.29) is 5.91 Å². The Morgan fingerprint density at radius 1 is 1.17 bits per heavy atom. The summed E-state index contributed by atoms with van der Waals surface area (Å²) in [7, 11) is 0. The van der Waals surface area contributed by atoms with Gasteiger partial charge >= 0.3 is 0 Å². The Kier molecular flexibility index (Phi) is 6.44. The van der Waals surface area contributed by atoms with Crippen molar-refractivity contribution in [1.82, 2.24) is 20.1 Å². The van der Waals surface area contributed by atoms with Crippen LogP contribution in [0, 0.1) is 13.8 Å². The largest absolute Gasteiger partial charge is 0.353 e. The average molecular weight is 441 g/mol. The van der Waals surface area contributed by atoms with Crippen molar-refractivity contribution in [3.63, 3.8) is 0 Å². The second-order valence-corrected chi connectivity index (χ2v) is 9.10. The molecule has 0 radical (unpaired) electrons. The molecule has 0 saturated heterocycles. The summed E-state index contributed by atoms with van der Waals surface area (Å²) < 4.78 is 2.01. The van der Waals surface area contributed by atoms with Crippen molar-refractivity contribution in [1.29, 1.82) is 0 Å². The van der Waals surface area contributed by atoms with Gasteiger partial charge in [-0.25, -0.2) is 0 Å². The molecular weight excluding hydrogens is 416 g/mol. The van der Waals surface area contributed by atoms with Crippen LogP contribution >= 0.6 is 23.4 Å². The Morgan fingerprint density at radius 2 is 1.93 bits per heavy atom. The van der Waals surface area contributed by atoms with Crippen LogP contribution in [-0.4, -0.2) is 32.5 Å². The molecule has 0 atom stereocenters. The molecule has 1 heterocycles. The summed E-state index contributed by atoms with van der Waals surface area (Å²) >= 11 is 7.87. The topological polar surface area (TPSA) is 59.8 Å². The van der Waals surface area contributed by atoms with E-state index >= 15 is 0 Å². The molecule has 156 valence electrons. The lowest BCUT2D eigenvalue weighted by Gasteiger charge is -2.15. The average Bonchev–Trinajstić information content (AvgIpc) is 3.38. The lowest BCUT2D eigenvalue weighted by Crippen LogP contribution is -2.33. The van der Waals surface area contributed by atoms with E-state index in [1.165, 1.54) is 24.6 Å². The molecule has 1 saturated carbocycles. The van der Waals surface area contributed by atoms with Crippen LogP contribution in [0.15, 0.2) is 47.6 Å². The van der Waals surface area contributed by atoms with Gasteiger partial charge in [0.25, 0.3) is 0 Å². The van der Waals surface area contributed by atoms with Gasteiger partial charge in [-0.2, -0.15) is 0 Å². The van der Waals surface area contributed by atoms with Crippen LogP contribution in [0.25, 0.3) is 17.1 Å². The molecule has 2 aromatic carbocycles. The van der Waals surface area contributed by atoms with E-state index in [9.17, 15) is 4.79 Å². The minimum absolute atomic E-state index is 0.0432. The molecule has 0 bridgehead atoms. The molecule has 7 heteroatoms. The van der Waals surface area contributed by atoms with Crippen LogP contribution in [0.5, 0.6) is 0 Å². The highest BCUT2D eigenvalue weighted by atomic mass is 35.5. The maximum Gasteiger partial charge on any atom is 0.230 e. The highest BCUT2D eigenvalue weighted by Gasteiger charge is 2.21. The monoisotopic (exact) mass is 440 g/mol. The van der Waals surface area contributed by atoms with Crippen molar-refractivity contribution in [3.05, 3.63) is 58.6 Å². The third kappa shape index (κ3) is 4.55. The number of nitrogens with zero attached hydrogens (tertiary/aromatic N) is 3. The molecule has 1 N–H and O–H groups in total. The molecule has 30 heavy (non-hydrogen) atoms. The van der Waals surface area contributed by atoms with E-state index in [4.69, 9.17) is 11.6 Å². The van der Waals surface area contributed by atoms with Gasteiger partial charge < -0.3 is 5.32 Å². The predicted molar refractivity (Wildman–Crippen MR) is 122 cm³/mol.